The predicted octanol–water partition coefficient (Wildman–Crippen LogP) is 1.13. The van der Waals surface area contributed by atoms with Gasteiger partial charge in [-0.25, -0.2) is 4.39 Å². The Kier molecular flexibility index (Phi) is 5.70. The van der Waals surface area contributed by atoms with Crippen LogP contribution in [-0.2, 0) is 4.79 Å². The molecule has 0 radical (unpaired) electrons. The summed E-state index contributed by atoms with van der Waals surface area (Å²) in [5.41, 5.74) is -1.97. The standard InChI is InChI=1S/C12H13F2N3O4/c1-2-3-15-10(18)6-16-12(19)8-4-7(13)5-9(11(8)14)17(20)21/h4-5H,2-3,6H2,1H3,(H,15,18)(H,16,19). The van der Waals surface area contributed by atoms with E-state index in [0.717, 1.165) is 0 Å². The van der Waals surface area contributed by atoms with E-state index in [1.807, 2.05) is 6.92 Å². The summed E-state index contributed by atoms with van der Waals surface area (Å²) >= 11 is 0. The number of carbonyl (C=O) groups excluding carboxylic acids is 2. The van der Waals surface area contributed by atoms with E-state index in [0.29, 0.717) is 25.1 Å². The Bertz CT molecular complexity index is 578. The molecule has 0 saturated heterocycles. The first-order chi connectivity index (χ1) is 9.86. The molecule has 1 aromatic rings. The fraction of sp³-hybridized carbons (Fsp3) is 0.333. The Labute approximate surface area is 118 Å². The van der Waals surface area contributed by atoms with Crippen LogP contribution in [0, 0.1) is 21.7 Å². The maximum absolute atomic E-state index is 13.7. The van der Waals surface area contributed by atoms with Crippen molar-refractivity contribution >= 4 is 17.5 Å². The molecule has 0 aromatic heterocycles. The number of amides is 2. The summed E-state index contributed by atoms with van der Waals surface area (Å²) in [4.78, 5) is 32.3. The van der Waals surface area contributed by atoms with Gasteiger partial charge in [0.2, 0.25) is 11.7 Å². The van der Waals surface area contributed by atoms with E-state index < -0.39 is 46.2 Å². The number of nitro groups is 1. The predicted molar refractivity (Wildman–Crippen MR) is 68.6 cm³/mol. The van der Waals surface area contributed by atoms with E-state index in [1.165, 1.54) is 0 Å². The Balaban J connectivity index is 2.83. The molecule has 1 rings (SSSR count). The van der Waals surface area contributed by atoms with Crippen LogP contribution >= 0.6 is 0 Å². The van der Waals surface area contributed by atoms with Crippen molar-refractivity contribution in [3.05, 3.63) is 39.4 Å². The molecule has 0 unspecified atom stereocenters. The summed E-state index contributed by atoms with van der Waals surface area (Å²) in [6.07, 6.45) is 0.699. The lowest BCUT2D eigenvalue weighted by molar-refractivity contribution is -0.387. The Morgan fingerprint density at radius 1 is 1.29 bits per heavy atom. The molecule has 21 heavy (non-hydrogen) atoms. The summed E-state index contributed by atoms with van der Waals surface area (Å²) in [7, 11) is 0. The van der Waals surface area contributed by atoms with E-state index >= 15 is 0 Å². The zero-order valence-corrected chi connectivity index (χ0v) is 11.1. The van der Waals surface area contributed by atoms with Crippen LogP contribution in [0.4, 0.5) is 14.5 Å². The number of nitrogens with zero attached hydrogens (tertiary/aromatic N) is 1. The van der Waals surface area contributed by atoms with Gasteiger partial charge in [0.05, 0.1) is 23.1 Å². The number of hydrogen-bond donors (Lipinski definition) is 2. The van der Waals surface area contributed by atoms with Gasteiger partial charge in [0.15, 0.2) is 0 Å². The number of carbonyl (C=O) groups is 2. The molecule has 0 spiro atoms. The molecule has 7 nitrogen and oxygen atoms in total. The number of rotatable bonds is 6. The first-order valence-electron chi connectivity index (χ1n) is 6.05. The van der Waals surface area contributed by atoms with Crippen LogP contribution in [0.5, 0.6) is 0 Å². The minimum absolute atomic E-state index is 0.375. The molecule has 2 N–H and O–H groups in total. The van der Waals surface area contributed by atoms with E-state index in [-0.39, 0.29) is 0 Å². The third kappa shape index (κ3) is 4.48. The average Bonchev–Trinajstić information content (AvgIpc) is 2.44. The van der Waals surface area contributed by atoms with E-state index in [4.69, 9.17) is 0 Å². The van der Waals surface area contributed by atoms with Crippen LogP contribution in [0.25, 0.3) is 0 Å². The van der Waals surface area contributed by atoms with Gasteiger partial charge < -0.3 is 10.6 Å². The zero-order chi connectivity index (χ0) is 16.0. The molecule has 114 valence electrons. The molecule has 0 atom stereocenters. The lowest BCUT2D eigenvalue weighted by Gasteiger charge is -2.07. The highest BCUT2D eigenvalue weighted by Gasteiger charge is 2.24. The summed E-state index contributed by atoms with van der Waals surface area (Å²) in [5.74, 6) is -4.19. The van der Waals surface area contributed by atoms with Crippen LogP contribution < -0.4 is 10.6 Å². The van der Waals surface area contributed by atoms with Crippen LogP contribution in [0.2, 0.25) is 0 Å². The molecular formula is C12H13F2N3O4. The zero-order valence-electron chi connectivity index (χ0n) is 11.1. The van der Waals surface area contributed by atoms with Gasteiger partial charge >= 0.3 is 5.69 Å². The van der Waals surface area contributed by atoms with Gasteiger partial charge in [-0.05, 0) is 12.5 Å². The average molecular weight is 301 g/mol. The summed E-state index contributed by atoms with van der Waals surface area (Å²) in [6, 6.07) is 0.904. The lowest BCUT2D eigenvalue weighted by atomic mass is 10.1. The molecular weight excluding hydrogens is 288 g/mol. The first-order valence-corrected chi connectivity index (χ1v) is 6.05. The van der Waals surface area contributed by atoms with Gasteiger partial charge in [-0.15, -0.1) is 0 Å². The van der Waals surface area contributed by atoms with Crippen LogP contribution in [0.3, 0.4) is 0 Å². The second-order valence-corrected chi connectivity index (χ2v) is 4.08. The number of hydrogen-bond acceptors (Lipinski definition) is 4. The molecule has 0 bridgehead atoms. The molecule has 0 fully saturated rings. The van der Waals surface area contributed by atoms with Gasteiger partial charge in [0.1, 0.15) is 5.82 Å². The van der Waals surface area contributed by atoms with Crippen molar-refractivity contribution in [1.82, 2.24) is 10.6 Å². The molecule has 9 heteroatoms. The molecule has 0 saturated carbocycles. The number of benzene rings is 1. The molecule has 0 aliphatic rings. The van der Waals surface area contributed by atoms with Gasteiger partial charge in [0.25, 0.3) is 5.91 Å². The molecule has 0 heterocycles. The second kappa shape index (κ2) is 7.27. The molecule has 1 aromatic carbocycles. The molecule has 2 amide bonds. The smallest absolute Gasteiger partial charge is 0.308 e. The maximum atomic E-state index is 13.7. The fourth-order valence-corrected chi connectivity index (χ4v) is 1.46. The van der Waals surface area contributed by atoms with Crippen LogP contribution in [-0.4, -0.2) is 29.8 Å². The van der Waals surface area contributed by atoms with Gasteiger partial charge in [-0.3, -0.25) is 19.7 Å². The highest BCUT2D eigenvalue weighted by Crippen LogP contribution is 2.22. The minimum Gasteiger partial charge on any atom is -0.355 e. The van der Waals surface area contributed by atoms with Gasteiger partial charge in [-0.1, -0.05) is 6.92 Å². The maximum Gasteiger partial charge on any atom is 0.308 e. The largest absolute Gasteiger partial charge is 0.355 e. The minimum atomic E-state index is -1.45. The quantitative estimate of drug-likeness (QED) is 0.607. The van der Waals surface area contributed by atoms with Crippen LogP contribution in [0.1, 0.15) is 23.7 Å². The van der Waals surface area contributed by atoms with Crippen molar-refractivity contribution in [2.24, 2.45) is 0 Å². The highest BCUT2D eigenvalue weighted by atomic mass is 19.1. The SMILES string of the molecule is CCCNC(=O)CNC(=O)c1cc(F)cc([N+](=O)[O-])c1F. The molecule has 0 aliphatic heterocycles. The fourth-order valence-electron chi connectivity index (χ4n) is 1.46. The van der Waals surface area contributed by atoms with E-state index in [2.05, 4.69) is 10.6 Å². The summed E-state index contributed by atoms with van der Waals surface area (Å²) < 4.78 is 26.9. The monoisotopic (exact) mass is 301 g/mol. The van der Waals surface area contributed by atoms with Crippen molar-refractivity contribution < 1.29 is 23.3 Å². The van der Waals surface area contributed by atoms with E-state index in [9.17, 15) is 28.5 Å². The molecule has 0 aliphatic carbocycles. The number of halogens is 2. The van der Waals surface area contributed by atoms with Crippen molar-refractivity contribution in [3.63, 3.8) is 0 Å². The topological polar surface area (TPSA) is 101 Å². The Morgan fingerprint density at radius 3 is 2.52 bits per heavy atom. The van der Waals surface area contributed by atoms with Gasteiger partial charge in [-0.2, -0.15) is 4.39 Å². The number of nitro benzene ring substituents is 1. The number of nitrogens with one attached hydrogen (secondary N) is 2. The Morgan fingerprint density at radius 2 is 1.95 bits per heavy atom. The summed E-state index contributed by atoms with van der Waals surface area (Å²) in [5, 5.41) is 15.1. The van der Waals surface area contributed by atoms with E-state index in [1.54, 1.807) is 0 Å². The van der Waals surface area contributed by atoms with Crippen molar-refractivity contribution in [3.8, 4) is 0 Å². The summed E-state index contributed by atoms with van der Waals surface area (Å²) in [6.45, 7) is 1.80. The van der Waals surface area contributed by atoms with Crippen molar-refractivity contribution in [1.29, 1.82) is 0 Å². The highest BCUT2D eigenvalue weighted by molar-refractivity contribution is 5.97. The van der Waals surface area contributed by atoms with Crippen LogP contribution in [0.15, 0.2) is 12.1 Å². The van der Waals surface area contributed by atoms with Crippen molar-refractivity contribution in [2.75, 3.05) is 13.1 Å². The van der Waals surface area contributed by atoms with Gasteiger partial charge in [0, 0.05) is 6.54 Å². The first kappa shape index (κ1) is 16.5. The third-order valence-electron chi connectivity index (χ3n) is 2.44. The lowest BCUT2D eigenvalue weighted by Crippen LogP contribution is -2.37. The normalized spacial score (nSPS) is 10.0. The third-order valence-corrected chi connectivity index (χ3v) is 2.44. The Hall–Kier alpha value is -2.58. The van der Waals surface area contributed by atoms with Crippen molar-refractivity contribution in [2.45, 2.75) is 13.3 Å². The second-order valence-electron chi connectivity index (χ2n) is 4.08.